The zero-order chi connectivity index (χ0) is 12.1. The van der Waals surface area contributed by atoms with Crippen LogP contribution >= 0.6 is 0 Å². The molecule has 6 heteroatoms. The first-order chi connectivity index (χ1) is 8.28. The largest absolute Gasteiger partial charge is 0.424 e. The Hall–Kier alpha value is -1.69. The Labute approximate surface area is 100 Å². The van der Waals surface area contributed by atoms with Crippen LogP contribution in [-0.2, 0) is 13.1 Å². The van der Waals surface area contributed by atoms with Crippen molar-refractivity contribution < 1.29 is 4.42 Å². The quantitative estimate of drug-likeness (QED) is 0.760. The van der Waals surface area contributed by atoms with Crippen molar-refractivity contribution in [1.82, 2.24) is 25.1 Å². The molecule has 6 nitrogen and oxygen atoms in total. The molecule has 0 bridgehead atoms. The van der Waals surface area contributed by atoms with Gasteiger partial charge in [0.2, 0.25) is 11.8 Å². The van der Waals surface area contributed by atoms with Gasteiger partial charge in [-0.1, -0.05) is 6.92 Å². The van der Waals surface area contributed by atoms with Crippen molar-refractivity contribution in [2.45, 2.75) is 33.4 Å². The van der Waals surface area contributed by atoms with Gasteiger partial charge in [0.25, 0.3) is 0 Å². The van der Waals surface area contributed by atoms with Gasteiger partial charge in [-0.25, -0.2) is 4.98 Å². The van der Waals surface area contributed by atoms with E-state index in [1.165, 1.54) is 0 Å². The van der Waals surface area contributed by atoms with E-state index in [0.717, 1.165) is 25.2 Å². The number of hydrogen-bond donors (Lipinski definition) is 1. The van der Waals surface area contributed by atoms with Crippen molar-refractivity contribution in [2.75, 3.05) is 6.54 Å². The van der Waals surface area contributed by atoms with E-state index < -0.39 is 0 Å². The molecule has 0 aliphatic rings. The highest BCUT2D eigenvalue weighted by Gasteiger charge is 2.04. The van der Waals surface area contributed by atoms with E-state index in [-0.39, 0.29) is 0 Å². The second kappa shape index (κ2) is 5.58. The molecular weight excluding hydrogens is 218 g/mol. The summed E-state index contributed by atoms with van der Waals surface area (Å²) in [6.07, 6.45) is 4.90. The minimum absolute atomic E-state index is 0.571. The molecule has 0 aromatic carbocycles. The summed E-state index contributed by atoms with van der Waals surface area (Å²) in [6.45, 7) is 6.30. The maximum Gasteiger partial charge on any atom is 0.236 e. The summed E-state index contributed by atoms with van der Waals surface area (Å²) < 4.78 is 7.25. The SMILES string of the molecule is CCCNCc1cn(Cc2nnc(C)o2)cn1. The number of aromatic nitrogens is 4. The van der Waals surface area contributed by atoms with Crippen LogP contribution < -0.4 is 5.32 Å². The number of rotatable bonds is 6. The van der Waals surface area contributed by atoms with E-state index in [4.69, 9.17) is 4.42 Å². The lowest BCUT2D eigenvalue weighted by atomic mass is 10.4. The van der Waals surface area contributed by atoms with Gasteiger partial charge >= 0.3 is 0 Å². The molecule has 0 unspecified atom stereocenters. The molecule has 0 saturated heterocycles. The summed E-state index contributed by atoms with van der Waals surface area (Å²) in [7, 11) is 0. The predicted molar refractivity (Wildman–Crippen MR) is 62.4 cm³/mol. The van der Waals surface area contributed by atoms with E-state index >= 15 is 0 Å². The van der Waals surface area contributed by atoms with E-state index in [2.05, 4.69) is 27.4 Å². The second-order valence-corrected chi connectivity index (χ2v) is 3.93. The number of hydrogen-bond acceptors (Lipinski definition) is 5. The van der Waals surface area contributed by atoms with Crippen LogP contribution in [0.15, 0.2) is 16.9 Å². The maximum atomic E-state index is 5.31. The zero-order valence-electron chi connectivity index (χ0n) is 10.2. The van der Waals surface area contributed by atoms with Crippen LogP contribution in [-0.4, -0.2) is 26.3 Å². The van der Waals surface area contributed by atoms with Crippen molar-refractivity contribution in [1.29, 1.82) is 0 Å². The van der Waals surface area contributed by atoms with Gasteiger partial charge in [-0.05, 0) is 13.0 Å². The Kier molecular flexibility index (Phi) is 3.87. The minimum atomic E-state index is 0.571. The molecule has 0 amide bonds. The van der Waals surface area contributed by atoms with Gasteiger partial charge in [-0.2, -0.15) is 0 Å². The van der Waals surface area contributed by atoms with Gasteiger partial charge in [-0.3, -0.25) is 0 Å². The topological polar surface area (TPSA) is 68.8 Å². The summed E-state index contributed by atoms with van der Waals surface area (Å²) in [5, 5.41) is 11.0. The summed E-state index contributed by atoms with van der Waals surface area (Å²) in [4.78, 5) is 4.30. The van der Waals surface area contributed by atoms with Crippen LogP contribution in [0.25, 0.3) is 0 Å². The molecule has 0 atom stereocenters. The van der Waals surface area contributed by atoms with Crippen LogP contribution in [0.1, 0.15) is 30.8 Å². The van der Waals surface area contributed by atoms with E-state index in [0.29, 0.717) is 18.3 Å². The van der Waals surface area contributed by atoms with Crippen LogP contribution in [0.5, 0.6) is 0 Å². The van der Waals surface area contributed by atoms with Gasteiger partial charge < -0.3 is 14.3 Å². The van der Waals surface area contributed by atoms with Crippen molar-refractivity contribution in [3.8, 4) is 0 Å². The number of imidazole rings is 1. The number of nitrogens with one attached hydrogen (secondary N) is 1. The summed E-state index contributed by atoms with van der Waals surface area (Å²) in [5.74, 6) is 1.19. The fourth-order valence-electron chi connectivity index (χ4n) is 1.53. The van der Waals surface area contributed by atoms with Crippen LogP contribution in [0.4, 0.5) is 0 Å². The number of aryl methyl sites for hydroxylation is 1. The molecule has 17 heavy (non-hydrogen) atoms. The first-order valence-electron chi connectivity index (χ1n) is 5.78. The predicted octanol–water partition coefficient (Wildman–Crippen LogP) is 1.12. The lowest BCUT2D eigenvalue weighted by molar-refractivity contribution is 0.454. The summed E-state index contributed by atoms with van der Waals surface area (Å²) in [5.41, 5.74) is 1.02. The number of nitrogens with zero attached hydrogens (tertiary/aromatic N) is 4. The Morgan fingerprint density at radius 3 is 3.00 bits per heavy atom. The molecule has 0 aliphatic heterocycles. The lowest BCUT2D eigenvalue weighted by Gasteiger charge is -1.98. The Morgan fingerprint density at radius 2 is 2.29 bits per heavy atom. The second-order valence-electron chi connectivity index (χ2n) is 3.93. The van der Waals surface area contributed by atoms with Crippen LogP contribution in [0, 0.1) is 6.92 Å². The van der Waals surface area contributed by atoms with Gasteiger partial charge in [0.15, 0.2) is 0 Å². The third kappa shape index (κ3) is 3.39. The van der Waals surface area contributed by atoms with Crippen molar-refractivity contribution in [3.05, 3.63) is 30.0 Å². The van der Waals surface area contributed by atoms with Crippen molar-refractivity contribution in [3.63, 3.8) is 0 Å². The molecule has 2 heterocycles. The normalized spacial score (nSPS) is 10.9. The van der Waals surface area contributed by atoms with Gasteiger partial charge in [0.05, 0.1) is 12.0 Å². The molecule has 0 fully saturated rings. The third-order valence-electron chi connectivity index (χ3n) is 2.31. The van der Waals surface area contributed by atoms with Gasteiger partial charge in [0, 0.05) is 19.7 Å². The molecule has 2 rings (SSSR count). The minimum Gasteiger partial charge on any atom is -0.424 e. The highest BCUT2D eigenvalue weighted by atomic mass is 16.4. The highest BCUT2D eigenvalue weighted by Crippen LogP contribution is 2.03. The van der Waals surface area contributed by atoms with E-state index in [1.54, 1.807) is 13.3 Å². The fourth-order valence-corrected chi connectivity index (χ4v) is 1.53. The van der Waals surface area contributed by atoms with Crippen molar-refractivity contribution >= 4 is 0 Å². The van der Waals surface area contributed by atoms with Gasteiger partial charge in [0.1, 0.15) is 6.54 Å². The zero-order valence-corrected chi connectivity index (χ0v) is 10.2. The molecule has 0 radical (unpaired) electrons. The Morgan fingerprint density at radius 1 is 1.41 bits per heavy atom. The average Bonchev–Trinajstić information content (AvgIpc) is 2.90. The summed E-state index contributed by atoms with van der Waals surface area (Å²) in [6, 6.07) is 0. The first kappa shape index (κ1) is 11.8. The lowest BCUT2D eigenvalue weighted by Crippen LogP contribution is -2.13. The van der Waals surface area contributed by atoms with E-state index in [9.17, 15) is 0 Å². The maximum absolute atomic E-state index is 5.31. The standard InChI is InChI=1S/C11H17N5O/c1-3-4-12-5-10-6-16(8-13-10)7-11-15-14-9(2)17-11/h6,8,12H,3-5,7H2,1-2H3. The molecule has 92 valence electrons. The Bertz CT molecular complexity index is 462. The van der Waals surface area contributed by atoms with Crippen molar-refractivity contribution in [2.24, 2.45) is 0 Å². The first-order valence-corrected chi connectivity index (χ1v) is 5.78. The molecule has 1 N–H and O–H groups in total. The highest BCUT2D eigenvalue weighted by molar-refractivity contribution is 4.97. The average molecular weight is 235 g/mol. The molecule has 0 saturated carbocycles. The fraction of sp³-hybridized carbons (Fsp3) is 0.545. The molecular formula is C11H17N5O. The van der Waals surface area contributed by atoms with Gasteiger partial charge in [-0.15, -0.1) is 10.2 Å². The van der Waals surface area contributed by atoms with E-state index in [1.807, 2.05) is 10.8 Å². The molecule has 0 aliphatic carbocycles. The smallest absolute Gasteiger partial charge is 0.236 e. The Balaban J connectivity index is 1.89. The van der Waals surface area contributed by atoms with Crippen LogP contribution in [0.2, 0.25) is 0 Å². The monoisotopic (exact) mass is 235 g/mol. The molecule has 0 spiro atoms. The molecule has 2 aromatic heterocycles. The summed E-state index contributed by atoms with van der Waals surface area (Å²) >= 11 is 0. The molecule has 2 aromatic rings. The third-order valence-corrected chi connectivity index (χ3v) is 2.31. The van der Waals surface area contributed by atoms with Crippen LogP contribution in [0.3, 0.4) is 0 Å².